The third kappa shape index (κ3) is 3.55. The van der Waals surface area contributed by atoms with Crippen LogP contribution >= 0.6 is 11.3 Å². The first-order chi connectivity index (χ1) is 15.0. The highest BCUT2D eigenvalue weighted by Crippen LogP contribution is 2.45. The Morgan fingerprint density at radius 2 is 2.19 bits per heavy atom. The summed E-state index contributed by atoms with van der Waals surface area (Å²) < 4.78 is 22.7. The molecule has 0 aliphatic heterocycles. The van der Waals surface area contributed by atoms with Gasteiger partial charge in [0.2, 0.25) is 17.7 Å². The molecule has 11 heteroatoms. The van der Waals surface area contributed by atoms with Gasteiger partial charge in [-0.3, -0.25) is 9.48 Å². The predicted octanol–water partition coefficient (Wildman–Crippen LogP) is 2.73. The summed E-state index contributed by atoms with van der Waals surface area (Å²) in [5.41, 5.74) is 0.827. The molecule has 0 unspecified atom stereocenters. The topological polar surface area (TPSA) is 123 Å². The smallest absolute Gasteiger partial charge is 0.240 e. The van der Waals surface area contributed by atoms with Crippen LogP contribution in [0, 0.1) is 22.6 Å². The first-order valence-corrected chi connectivity index (χ1v) is 10.4. The molecular formula is C20H16FN7O2S. The zero-order valence-electron chi connectivity index (χ0n) is 16.4. The minimum absolute atomic E-state index is 0.0538. The fourth-order valence-electron chi connectivity index (χ4n) is 3.27. The highest BCUT2D eigenvalue weighted by Gasteiger charge is 2.50. The summed E-state index contributed by atoms with van der Waals surface area (Å²) in [4.78, 5) is 16.5. The van der Waals surface area contributed by atoms with Crippen molar-refractivity contribution in [3.8, 4) is 17.2 Å². The third-order valence-electron chi connectivity index (χ3n) is 5.17. The highest BCUT2D eigenvalue weighted by molar-refractivity contribution is 7.18. The van der Waals surface area contributed by atoms with Crippen molar-refractivity contribution in [3.05, 3.63) is 47.1 Å². The van der Waals surface area contributed by atoms with Crippen molar-refractivity contribution in [2.75, 3.05) is 0 Å². The minimum Gasteiger partial charge on any atom is -0.423 e. The van der Waals surface area contributed by atoms with E-state index in [-0.39, 0.29) is 30.6 Å². The molecule has 3 heterocycles. The van der Waals surface area contributed by atoms with Crippen LogP contribution in [0.2, 0.25) is 0 Å². The molecule has 1 aromatic carbocycles. The van der Waals surface area contributed by atoms with Crippen LogP contribution in [0.3, 0.4) is 0 Å². The van der Waals surface area contributed by atoms with Crippen molar-refractivity contribution in [1.29, 1.82) is 5.26 Å². The second-order valence-corrected chi connectivity index (χ2v) is 8.51. The maximum Gasteiger partial charge on any atom is 0.240 e. The minimum atomic E-state index is -0.900. The summed E-state index contributed by atoms with van der Waals surface area (Å²) in [5, 5.41) is 24.3. The quantitative estimate of drug-likeness (QED) is 0.492. The van der Waals surface area contributed by atoms with E-state index in [2.05, 4.69) is 25.6 Å². The van der Waals surface area contributed by atoms with E-state index < -0.39 is 5.41 Å². The van der Waals surface area contributed by atoms with Crippen LogP contribution in [0.1, 0.15) is 29.6 Å². The van der Waals surface area contributed by atoms with Gasteiger partial charge in [-0.25, -0.2) is 9.37 Å². The molecule has 1 aliphatic carbocycles. The average Bonchev–Trinajstić information content (AvgIpc) is 3.04. The molecule has 1 saturated carbocycles. The maximum absolute atomic E-state index is 15.0. The average molecular weight is 437 g/mol. The molecule has 1 amide bonds. The molecule has 1 aliphatic rings. The van der Waals surface area contributed by atoms with Gasteiger partial charge in [-0.15, -0.1) is 21.5 Å². The van der Waals surface area contributed by atoms with Crippen molar-refractivity contribution in [2.45, 2.75) is 25.8 Å². The summed E-state index contributed by atoms with van der Waals surface area (Å²) in [6.45, 7) is 0.0538. The number of carbonyl (C=O) groups is 1. The molecule has 3 aromatic heterocycles. The van der Waals surface area contributed by atoms with Gasteiger partial charge in [0.1, 0.15) is 10.4 Å². The second-order valence-electron chi connectivity index (χ2n) is 7.43. The molecular weight excluding hydrogens is 421 g/mol. The number of aromatic nitrogens is 5. The van der Waals surface area contributed by atoms with Crippen molar-refractivity contribution >= 4 is 27.5 Å². The summed E-state index contributed by atoms with van der Waals surface area (Å²) in [5.74, 6) is -0.101. The van der Waals surface area contributed by atoms with Gasteiger partial charge in [-0.05, 0) is 25.0 Å². The number of halogens is 1. The molecule has 0 radical (unpaired) electrons. The van der Waals surface area contributed by atoms with Crippen molar-refractivity contribution < 1.29 is 13.6 Å². The van der Waals surface area contributed by atoms with Gasteiger partial charge >= 0.3 is 0 Å². The fraction of sp³-hybridized carbons (Fsp3) is 0.300. The maximum atomic E-state index is 15.0. The van der Waals surface area contributed by atoms with Crippen LogP contribution in [0.4, 0.5) is 4.39 Å². The molecule has 0 saturated heterocycles. The molecule has 156 valence electrons. The Hall–Kier alpha value is -3.65. The number of nitrogens with one attached hydrogen (secondary N) is 1. The number of carbonyl (C=O) groups excluding carboxylic acids is 1. The van der Waals surface area contributed by atoms with Crippen LogP contribution in [0.25, 0.3) is 21.3 Å². The number of rotatable bonds is 6. The second kappa shape index (κ2) is 7.24. The van der Waals surface area contributed by atoms with Crippen LogP contribution in [-0.4, -0.2) is 30.9 Å². The number of benzene rings is 1. The lowest BCUT2D eigenvalue weighted by molar-refractivity contribution is -0.124. The predicted molar refractivity (Wildman–Crippen MR) is 108 cm³/mol. The Balaban J connectivity index is 1.30. The lowest BCUT2D eigenvalue weighted by Crippen LogP contribution is -2.30. The number of thiazole rings is 1. The summed E-state index contributed by atoms with van der Waals surface area (Å²) in [6, 6.07) is 5.51. The van der Waals surface area contributed by atoms with Gasteiger partial charge < -0.3 is 9.73 Å². The van der Waals surface area contributed by atoms with E-state index in [1.165, 1.54) is 11.3 Å². The van der Waals surface area contributed by atoms with Gasteiger partial charge in [0.25, 0.3) is 0 Å². The zero-order chi connectivity index (χ0) is 21.6. The number of nitriles is 1. The van der Waals surface area contributed by atoms with E-state index in [4.69, 9.17) is 9.68 Å². The molecule has 4 aromatic rings. The Bertz CT molecular complexity index is 1350. The number of aryl methyl sites for hydroxylation is 1. The van der Waals surface area contributed by atoms with E-state index in [1.807, 2.05) is 6.07 Å². The third-order valence-corrected chi connectivity index (χ3v) is 6.23. The van der Waals surface area contributed by atoms with Crippen LogP contribution in [-0.2, 0) is 24.8 Å². The molecule has 0 bridgehead atoms. The number of nitrogens with zero attached hydrogens (tertiary/aromatic N) is 6. The lowest BCUT2D eigenvalue weighted by atomic mass is 10.1. The Morgan fingerprint density at radius 1 is 1.39 bits per heavy atom. The monoisotopic (exact) mass is 437 g/mol. The molecule has 9 nitrogen and oxygen atoms in total. The molecule has 31 heavy (non-hydrogen) atoms. The van der Waals surface area contributed by atoms with Crippen LogP contribution < -0.4 is 5.32 Å². The summed E-state index contributed by atoms with van der Waals surface area (Å²) in [7, 11) is 1.78. The van der Waals surface area contributed by atoms with Gasteiger partial charge in [-0.2, -0.15) is 10.4 Å². The first-order valence-electron chi connectivity index (χ1n) is 9.55. The SMILES string of the molecule is Cn1cc(-c2ccc3nc(Cc4nnc(CNC(=O)C5(C#N)CC5)o4)sc3c2F)cn1. The zero-order valence-corrected chi connectivity index (χ0v) is 17.2. The van der Waals surface area contributed by atoms with E-state index in [1.54, 1.807) is 36.3 Å². The number of hydrogen-bond donors (Lipinski definition) is 1. The molecule has 1 fully saturated rings. The van der Waals surface area contributed by atoms with Crippen molar-refractivity contribution in [2.24, 2.45) is 12.5 Å². The van der Waals surface area contributed by atoms with Crippen LogP contribution in [0.5, 0.6) is 0 Å². The summed E-state index contributed by atoms with van der Waals surface area (Å²) in [6.07, 6.45) is 4.77. The fourth-order valence-corrected chi connectivity index (χ4v) is 4.26. The van der Waals surface area contributed by atoms with Gasteiger partial charge in [0, 0.05) is 24.4 Å². The Morgan fingerprint density at radius 3 is 2.90 bits per heavy atom. The molecule has 0 spiro atoms. The van der Waals surface area contributed by atoms with Gasteiger partial charge in [0.15, 0.2) is 5.82 Å². The van der Waals surface area contributed by atoms with E-state index in [9.17, 15) is 4.79 Å². The van der Waals surface area contributed by atoms with Gasteiger partial charge in [-0.1, -0.05) is 0 Å². The van der Waals surface area contributed by atoms with Crippen molar-refractivity contribution in [1.82, 2.24) is 30.3 Å². The molecule has 5 rings (SSSR count). The lowest BCUT2D eigenvalue weighted by Gasteiger charge is -2.04. The van der Waals surface area contributed by atoms with E-state index in [0.717, 1.165) is 0 Å². The van der Waals surface area contributed by atoms with E-state index in [0.29, 0.717) is 45.1 Å². The number of hydrogen-bond acceptors (Lipinski definition) is 8. The normalized spacial score (nSPS) is 14.5. The van der Waals surface area contributed by atoms with E-state index >= 15 is 4.39 Å². The number of amides is 1. The highest BCUT2D eigenvalue weighted by atomic mass is 32.1. The Kier molecular flexibility index (Phi) is 4.51. The number of fused-ring (bicyclic) bond motifs is 1. The van der Waals surface area contributed by atoms with Gasteiger partial charge in [0.05, 0.1) is 35.4 Å². The molecule has 1 N–H and O–H groups in total. The standard InChI is InChI=1S/C20H16FN7O2S/c1-28-9-11(7-24-28)12-2-3-13-18(17(12)21)31-16(25-13)6-14-26-27-15(30-14)8-23-19(29)20(10-22)4-5-20/h2-3,7,9H,4-6,8H2,1H3,(H,23,29). The van der Waals surface area contributed by atoms with Crippen LogP contribution in [0.15, 0.2) is 28.9 Å². The van der Waals surface area contributed by atoms with Crippen molar-refractivity contribution in [3.63, 3.8) is 0 Å². The molecule has 0 atom stereocenters. The largest absolute Gasteiger partial charge is 0.423 e. The first kappa shape index (κ1) is 19.3. The summed E-state index contributed by atoms with van der Waals surface area (Å²) >= 11 is 1.23. The Labute approximate surface area is 179 Å².